The molecule has 0 aliphatic rings. The molecule has 198 valence electrons. The van der Waals surface area contributed by atoms with Crippen LogP contribution in [0.25, 0.3) is 0 Å². The Hall–Kier alpha value is -3.43. The smallest absolute Gasteiger partial charge is 0.264 e. The summed E-state index contributed by atoms with van der Waals surface area (Å²) in [6.07, 6.45) is 0.562. The topological polar surface area (TPSA) is 94.2 Å². The van der Waals surface area contributed by atoms with Gasteiger partial charge < -0.3 is 19.5 Å². The van der Waals surface area contributed by atoms with E-state index in [2.05, 4.69) is 5.32 Å². The molecule has 3 rings (SSSR count). The molecule has 1 N–H and O–H groups in total. The molecular formula is C27H31ClN2O6S. The Labute approximate surface area is 223 Å². The number of anilines is 1. The minimum Gasteiger partial charge on any atom is -0.495 e. The van der Waals surface area contributed by atoms with Crippen LogP contribution in [0, 0.1) is 6.92 Å². The van der Waals surface area contributed by atoms with Gasteiger partial charge in [-0.05, 0) is 61.4 Å². The first-order chi connectivity index (χ1) is 17.6. The predicted molar refractivity (Wildman–Crippen MR) is 144 cm³/mol. The maximum Gasteiger partial charge on any atom is 0.264 e. The quantitative estimate of drug-likeness (QED) is 0.358. The summed E-state index contributed by atoms with van der Waals surface area (Å²) in [6, 6.07) is 16.0. The molecule has 0 radical (unpaired) electrons. The lowest BCUT2D eigenvalue weighted by molar-refractivity contribution is -0.120. The lowest BCUT2D eigenvalue weighted by Gasteiger charge is -2.27. The van der Waals surface area contributed by atoms with Crippen LogP contribution in [0.2, 0.25) is 5.02 Å². The summed E-state index contributed by atoms with van der Waals surface area (Å²) in [4.78, 5) is 13.4. The largest absolute Gasteiger partial charge is 0.495 e. The first-order valence-corrected chi connectivity index (χ1v) is 13.4. The number of hydrogen-bond acceptors (Lipinski definition) is 6. The fourth-order valence-corrected chi connectivity index (χ4v) is 5.45. The Morgan fingerprint density at radius 2 is 1.54 bits per heavy atom. The predicted octanol–water partition coefficient (Wildman–Crippen LogP) is 5.14. The van der Waals surface area contributed by atoms with Crippen LogP contribution in [0.4, 0.5) is 5.69 Å². The number of halogens is 1. The normalized spacial score (nSPS) is 11.9. The third-order valence-electron chi connectivity index (χ3n) is 5.86. The SMILES string of the molecule is CCC(NC(=O)CN(c1cc(Cl)ccc1OC)S(=O)(=O)c1ccc(C)cc1)c1ccc(OC)c(OC)c1. The van der Waals surface area contributed by atoms with Crippen molar-refractivity contribution in [2.45, 2.75) is 31.2 Å². The molecule has 0 aromatic heterocycles. The van der Waals surface area contributed by atoms with Gasteiger partial charge in [-0.2, -0.15) is 0 Å². The van der Waals surface area contributed by atoms with E-state index in [4.69, 9.17) is 25.8 Å². The molecule has 0 saturated carbocycles. The minimum atomic E-state index is -4.14. The summed E-state index contributed by atoms with van der Waals surface area (Å²) < 4.78 is 44.6. The van der Waals surface area contributed by atoms with Gasteiger partial charge in [-0.15, -0.1) is 0 Å². The molecule has 8 nitrogen and oxygen atoms in total. The van der Waals surface area contributed by atoms with Crippen LogP contribution in [0.1, 0.15) is 30.5 Å². The second-order valence-corrected chi connectivity index (χ2v) is 10.6. The first kappa shape index (κ1) is 28.1. The van der Waals surface area contributed by atoms with Crippen molar-refractivity contribution in [3.63, 3.8) is 0 Å². The first-order valence-electron chi connectivity index (χ1n) is 11.6. The van der Waals surface area contributed by atoms with E-state index in [-0.39, 0.29) is 16.3 Å². The highest BCUT2D eigenvalue weighted by Crippen LogP contribution is 2.35. The van der Waals surface area contributed by atoms with Gasteiger partial charge >= 0.3 is 0 Å². The van der Waals surface area contributed by atoms with Crippen molar-refractivity contribution in [3.8, 4) is 17.2 Å². The molecule has 0 spiro atoms. The summed E-state index contributed by atoms with van der Waals surface area (Å²) in [7, 11) is 0.360. The number of nitrogens with one attached hydrogen (secondary N) is 1. The third-order valence-corrected chi connectivity index (χ3v) is 7.87. The van der Waals surface area contributed by atoms with E-state index < -0.39 is 28.5 Å². The molecule has 1 unspecified atom stereocenters. The van der Waals surface area contributed by atoms with E-state index in [1.807, 2.05) is 19.9 Å². The van der Waals surface area contributed by atoms with Crippen LogP contribution >= 0.6 is 11.6 Å². The van der Waals surface area contributed by atoms with Crippen LogP contribution < -0.4 is 23.8 Å². The second kappa shape index (κ2) is 12.2. The summed E-state index contributed by atoms with van der Waals surface area (Å²) in [6.45, 7) is 3.29. The fourth-order valence-electron chi connectivity index (χ4n) is 3.86. The number of rotatable bonds is 11. The zero-order valence-electron chi connectivity index (χ0n) is 21.4. The molecule has 1 atom stereocenters. The van der Waals surface area contributed by atoms with Gasteiger partial charge in [-0.1, -0.05) is 42.3 Å². The highest BCUT2D eigenvalue weighted by atomic mass is 35.5. The van der Waals surface area contributed by atoms with Crippen molar-refractivity contribution < 1.29 is 27.4 Å². The van der Waals surface area contributed by atoms with Gasteiger partial charge in [0.1, 0.15) is 12.3 Å². The highest BCUT2D eigenvalue weighted by molar-refractivity contribution is 7.92. The van der Waals surface area contributed by atoms with Gasteiger partial charge in [0.15, 0.2) is 11.5 Å². The highest BCUT2D eigenvalue weighted by Gasteiger charge is 2.30. The number of sulfonamides is 1. The second-order valence-electron chi connectivity index (χ2n) is 8.28. The van der Waals surface area contributed by atoms with Gasteiger partial charge in [0.2, 0.25) is 5.91 Å². The molecule has 1 amide bonds. The molecule has 0 heterocycles. The summed E-state index contributed by atoms with van der Waals surface area (Å²) >= 11 is 6.21. The number of nitrogens with zero attached hydrogens (tertiary/aromatic N) is 1. The zero-order valence-corrected chi connectivity index (χ0v) is 23.0. The van der Waals surface area contributed by atoms with E-state index in [1.54, 1.807) is 43.5 Å². The maximum atomic E-state index is 13.8. The van der Waals surface area contributed by atoms with E-state index in [9.17, 15) is 13.2 Å². The molecule has 37 heavy (non-hydrogen) atoms. The Morgan fingerprint density at radius 1 is 0.919 bits per heavy atom. The number of carbonyl (C=O) groups is 1. The van der Waals surface area contributed by atoms with Gasteiger partial charge in [0, 0.05) is 5.02 Å². The summed E-state index contributed by atoms with van der Waals surface area (Å²) in [5, 5.41) is 3.24. The monoisotopic (exact) mass is 546 g/mol. The van der Waals surface area contributed by atoms with Crippen LogP contribution in [-0.4, -0.2) is 42.2 Å². The maximum absolute atomic E-state index is 13.8. The number of benzene rings is 3. The van der Waals surface area contributed by atoms with Crippen molar-refractivity contribution in [2.75, 3.05) is 32.2 Å². The Morgan fingerprint density at radius 3 is 2.14 bits per heavy atom. The van der Waals surface area contributed by atoms with Crippen molar-refractivity contribution in [2.24, 2.45) is 0 Å². The van der Waals surface area contributed by atoms with Gasteiger partial charge in [-0.3, -0.25) is 9.10 Å². The number of amides is 1. The number of hydrogen-bond donors (Lipinski definition) is 1. The lowest BCUT2D eigenvalue weighted by atomic mass is 10.0. The summed E-state index contributed by atoms with van der Waals surface area (Å²) in [5.41, 5.74) is 1.86. The summed E-state index contributed by atoms with van der Waals surface area (Å²) in [5.74, 6) is 0.856. The van der Waals surface area contributed by atoms with Gasteiger partial charge in [0.25, 0.3) is 10.0 Å². The molecular weight excluding hydrogens is 516 g/mol. The molecule has 0 bridgehead atoms. The fraction of sp³-hybridized carbons (Fsp3) is 0.296. The number of aryl methyl sites for hydroxylation is 1. The average Bonchev–Trinajstić information content (AvgIpc) is 2.90. The number of methoxy groups -OCH3 is 3. The van der Waals surface area contributed by atoms with Gasteiger partial charge in [0.05, 0.1) is 38.0 Å². The van der Waals surface area contributed by atoms with E-state index in [1.165, 1.54) is 32.4 Å². The Balaban J connectivity index is 1.98. The number of ether oxygens (including phenoxy) is 3. The van der Waals surface area contributed by atoms with Crippen LogP contribution in [-0.2, 0) is 14.8 Å². The van der Waals surface area contributed by atoms with Crippen LogP contribution in [0.15, 0.2) is 65.6 Å². The minimum absolute atomic E-state index is 0.0415. The molecule has 0 aliphatic heterocycles. The molecule has 3 aromatic rings. The van der Waals surface area contributed by atoms with E-state index in [0.717, 1.165) is 15.4 Å². The number of carbonyl (C=O) groups excluding carboxylic acids is 1. The van der Waals surface area contributed by atoms with Crippen molar-refractivity contribution >= 4 is 33.2 Å². The van der Waals surface area contributed by atoms with Gasteiger partial charge in [-0.25, -0.2) is 8.42 Å². The van der Waals surface area contributed by atoms with Crippen molar-refractivity contribution in [1.29, 1.82) is 0 Å². The van der Waals surface area contributed by atoms with Crippen molar-refractivity contribution in [3.05, 3.63) is 76.8 Å². The third kappa shape index (κ3) is 6.47. The zero-order chi connectivity index (χ0) is 27.2. The molecule has 0 aliphatic carbocycles. The Kier molecular flexibility index (Phi) is 9.29. The lowest BCUT2D eigenvalue weighted by Crippen LogP contribution is -2.42. The Bertz CT molecular complexity index is 1350. The van der Waals surface area contributed by atoms with E-state index in [0.29, 0.717) is 22.9 Å². The van der Waals surface area contributed by atoms with Crippen LogP contribution in [0.5, 0.6) is 17.2 Å². The molecule has 3 aromatic carbocycles. The molecule has 10 heteroatoms. The standard InChI is InChI=1S/C27H31ClN2O6S/c1-6-22(19-9-13-25(35-4)26(15-19)36-5)29-27(31)17-30(23-16-20(28)10-14-24(23)34-3)37(32,33)21-11-7-18(2)8-12-21/h7-16,22H,6,17H2,1-5H3,(H,29,31). The average molecular weight is 547 g/mol. The van der Waals surface area contributed by atoms with Crippen molar-refractivity contribution in [1.82, 2.24) is 5.32 Å². The molecule has 0 saturated heterocycles. The molecule has 0 fully saturated rings. The van der Waals surface area contributed by atoms with E-state index >= 15 is 0 Å². The van der Waals surface area contributed by atoms with Crippen LogP contribution in [0.3, 0.4) is 0 Å².